The Morgan fingerprint density at radius 3 is 2.08 bits per heavy atom. The second-order valence-corrected chi connectivity index (χ2v) is 5.29. The van der Waals surface area contributed by atoms with Crippen molar-refractivity contribution in [3.8, 4) is 0 Å². The van der Waals surface area contributed by atoms with Crippen LogP contribution in [0, 0.1) is 0 Å². The number of nitrogens with one attached hydrogen (secondary N) is 2. The van der Waals surface area contributed by atoms with E-state index in [1.54, 1.807) is 0 Å². The van der Waals surface area contributed by atoms with Crippen LogP contribution in [-0.4, -0.2) is 48.7 Å². The van der Waals surface area contributed by atoms with Gasteiger partial charge in [-0.2, -0.15) is 0 Å². The molecule has 3 heteroatoms. The molecule has 0 aromatic rings. The summed E-state index contributed by atoms with van der Waals surface area (Å²) < 4.78 is 0. The molecule has 76 valence electrons. The van der Waals surface area contributed by atoms with Crippen LogP contribution in [0.15, 0.2) is 0 Å². The lowest BCUT2D eigenvalue weighted by Crippen LogP contribution is -2.68. The van der Waals surface area contributed by atoms with Crippen molar-refractivity contribution in [2.75, 3.05) is 26.2 Å². The van der Waals surface area contributed by atoms with Crippen LogP contribution in [-0.2, 0) is 0 Å². The number of hydrogen-bond donors (Lipinski definition) is 2. The molecule has 2 aliphatic heterocycles. The molecule has 0 radical (unpaired) electrons. The maximum absolute atomic E-state index is 3.65. The van der Waals surface area contributed by atoms with Gasteiger partial charge in [0.1, 0.15) is 0 Å². The third kappa shape index (κ3) is 2.03. The van der Waals surface area contributed by atoms with Crippen LogP contribution >= 0.6 is 0 Å². The van der Waals surface area contributed by atoms with Gasteiger partial charge in [-0.25, -0.2) is 0 Å². The molecule has 0 spiro atoms. The van der Waals surface area contributed by atoms with Crippen molar-refractivity contribution in [2.24, 2.45) is 0 Å². The van der Waals surface area contributed by atoms with Gasteiger partial charge in [-0.05, 0) is 20.8 Å². The van der Waals surface area contributed by atoms with Crippen LogP contribution in [0.3, 0.4) is 0 Å². The summed E-state index contributed by atoms with van der Waals surface area (Å²) in [4.78, 5) is 2.60. The van der Waals surface area contributed by atoms with Crippen molar-refractivity contribution in [3.05, 3.63) is 0 Å². The molecule has 2 saturated heterocycles. The number of fused-ring (bicyclic) bond motifs is 2. The molecule has 2 atom stereocenters. The van der Waals surface area contributed by atoms with Gasteiger partial charge in [0.05, 0.1) is 0 Å². The maximum atomic E-state index is 3.65. The van der Waals surface area contributed by atoms with E-state index < -0.39 is 0 Å². The molecule has 2 rings (SSSR count). The summed E-state index contributed by atoms with van der Waals surface area (Å²) in [5.74, 6) is 0. The van der Waals surface area contributed by atoms with Crippen LogP contribution in [0.1, 0.15) is 20.8 Å². The Hall–Kier alpha value is -0.120. The van der Waals surface area contributed by atoms with E-state index in [0.717, 1.165) is 13.1 Å². The van der Waals surface area contributed by atoms with Gasteiger partial charge in [-0.1, -0.05) is 0 Å². The Bertz CT molecular complexity index is 173. The zero-order valence-corrected chi connectivity index (χ0v) is 8.93. The molecule has 0 aliphatic carbocycles. The first-order valence-corrected chi connectivity index (χ1v) is 5.27. The molecule has 3 nitrogen and oxygen atoms in total. The number of piperazine rings is 2. The van der Waals surface area contributed by atoms with Crippen LogP contribution in [0.4, 0.5) is 0 Å². The van der Waals surface area contributed by atoms with Crippen molar-refractivity contribution < 1.29 is 0 Å². The molecule has 13 heavy (non-hydrogen) atoms. The summed E-state index contributed by atoms with van der Waals surface area (Å²) in [6.45, 7) is 11.6. The molecule has 0 saturated carbocycles. The van der Waals surface area contributed by atoms with Crippen LogP contribution in [0.25, 0.3) is 0 Å². The van der Waals surface area contributed by atoms with Gasteiger partial charge in [0.2, 0.25) is 0 Å². The van der Waals surface area contributed by atoms with Gasteiger partial charge in [0.15, 0.2) is 0 Å². The van der Waals surface area contributed by atoms with E-state index in [4.69, 9.17) is 0 Å². The fourth-order valence-electron chi connectivity index (χ4n) is 2.27. The summed E-state index contributed by atoms with van der Waals surface area (Å²) in [5, 5.41) is 7.12. The van der Waals surface area contributed by atoms with Crippen molar-refractivity contribution in [3.63, 3.8) is 0 Å². The summed E-state index contributed by atoms with van der Waals surface area (Å²) in [5.41, 5.74) is 0.329. The molecule has 2 bridgehead atoms. The lowest BCUT2D eigenvalue weighted by molar-refractivity contribution is 0.0582. The standard InChI is InChI=1S/C10H21N3/c1-10(2,3)13-6-8-4-11-5-9(7-13)12-8/h8-9,11-12H,4-7H2,1-3H3. The first-order valence-electron chi connectivity index (χ1n) is 5.27. The second-order valence-electron chi connectivity index (χ2n) is 5.29. The molecule has 2 aliphatic rings. The van der Waals surface area contributed by atoms with E-state index in [9.17, 15) is 0 Å². The van der Waals surface area contributed by atoms with E-state index in [2.05, 4.69) is 36.3 Å². The normalized spacial score (nSPS) is 36.2. The minimum Gasteiger partial charge on any atom is -0.314 e. The second kappa shape index (κ2) is 3.23. The Balaban J connectivity index is 2.01. The lowest BCUT2D eigenvalue weighted by Gasteiger charge is -2.48. The Labute approximate surface area is 80.9 Å². The fraction of sp³-hybridized carbons (Fsp3) is 1.00. The summed E-state index contributed by atoms with van der Waals surface area (Å²) >= 11 is 0. The molecular formula is C10H21N3. The number of rotatable bonds is 0. The van der Waals surface area contributed by atoms with E-state index in [1.165, 1.54) is 13.1 Å². The summed E-state index contributed by atoms with van der Waals surface area (Å²) in [6, 6.07) is 1.32. The smallest absolute Gasteiger partial charge is 0.0323 e. The Morgan fingerprint density at radius 1 is 1.08 bits per heavy atom. The third-order valence-corrected chi connectivity index (χ3v) is 3.08. The molecule has 2 heterocycles. The van der Waals surface area contributed by atoms with E-state index in [1.807, 2.05) is 0 Å². The highest BCUT2D eigenvalue weighted by Gasteiger charge is 2.34. The third-order valence-electron chi connectivity index (χ3n) is 3.08. The predicted octanol–water partition coefficient (Wildman–Crippen LogP) is 0.0305. The van der Waals surface area contributed by atoms with Crippen molar-refractivity contribution in [1.29, 1.82) is 0 Å². The Kier molecular flexibility index (Phi) is 2.34. The van der Waals surface area contributed by atoms with E-state index in [0.29, 0.717) is 17.6 Å². The average molecular weight is 183 g/mol. The quantitative estimate of drug-likeness (QED) is 0.555. The van der Waals surface area contributed by atoms with Crippen LogP contribution in [0.5, 0.6) is 0 Å². The summed E-state index contributed by atoms with van der Waals surface area (Å²) in [7, 11) is 0. The average Bonchev–Trinajstić information content (AvgIpc) is 2.01. The monoisotopic (exact) mass is 183 g/mol. The van der Waals surface area contributed by atoms with Gasteiger partial charge in [-0.15, -0.1) is 0 Å². The van der Waals surface area contributed by atoms with E-state index in [-0.39, 0.29) is 0 Å². The van der Waals surface area contributed by atoms with Gasteiger partial charge in [0, 0.05) is 43.8 Å². The molecule has 2 unspecified atom stereocenters. The maximum Gasteiger partial charge on any atom is 0.0323 e. The van der Waals surface area contributed by atoms with Gasteiger partial charge >= 0.3 is 0 Å². The molecular weight excluding hydrogens is 162 g/mol. The zero-order valence-electron chi connectivity index (χ0n) is 8.93. The highest BCUT2D eigenvalue weighted by molar-refractivity contribution is 4.95. The zero-order chi connectivity index (χ0) is 9.47. The van der Waals surface area contributed by atoms with Gasteiger partial charge in [-0.3, -0.25) is 4.90 Å². The van der Waals surface area contributed by atoms with Crippen LogP contribution < -0.4 is 10.6 Å². The first kappa shape index (κ1) is 9.44. The minimum absolute atomic E-state index is 0.329. The van der Waals surface area contributed by atoms with Crippen molar-refractivity contribution in [1.82, 2.24) is 15.5 Å². The van der Waals surface area contributed by atoms with Gasteiger partial charge < -0.3 is 10.6 Å². The molecule has 0 aromatic carbocycles. The number of nitrogens with zero attached hydrogens (tertiary/aromatic N) is 1. The van der Waals surface area contributed by atoms with E-state index >= 15 is 0 Å². The predicted molar refractivity (Wildman–Crippen MR) is 54.9 cm³/mol. The SMILES string of the molecule is CC(C)(C)N1CC2CNCC(C1)N2. The molecule has 2 N–H and O–H groups in total. The van der Waals surface area contributed by atoms with Gasteiger partial charge in [0.25, 0.3) is 0 Å². The highest BCUT2D eigenvalue weighted by Crippen LogP contribution is 2.18. The Morgan fingerprint density at radius 2 is 1.62 bits per heavy atom. The number of hydrogen-bond acceptors (Lipinski definition) is 3. The summed E-state index contributed by atoms with van der Waals surface area (Å²) in [6.07, 6.45) is 0. The fourth-order valence-corrected chi connectivity index (χ4v) is 2.27. The molecule has 0 amide bonds. The first-order chi connectivity index (χ1) is 6.05. The molecule has 2 fully saturated rings. The highest BCUT2D eigenvalue weighted by atomic mass is 15.3. The largest absolute Gasteiger partial charge is 0.314 e. The van der Waals surface area contributed by atoms with Crippen molar-refractivity contribution >= 4 is 0 Å². The molecule has 0 aromatic heterocycles. The van der Waals surface area contributed by atoms with Crippen LogP contribution in [0.2, 0.25) is 0 Å². The topological polar surface area (TPSA) is 27.3 Å². The van der Waals surface area contributed by atoms with Crippen molar-refractivity contribution in [2.45, 2.75) is 38.4 Å². The minimum atomic E-state index is 0.329. The lowest BCUT2D eigenvalue weighted by atomic mass is 9.98.